The van der Waals surface area contributed by atoms with Crippen LogP contribution >= 0.6 is 22.9 Å². The number of fused-ring (bicyclic) bond motifs is 5. The van der Waals surface area contributed by atoms with Crippen LogP contribution < -0.4 is 9.80 Å². The number of halogens is 1. The minimum Gasteiger partial charge on any atom is -0.508 e. The molecule has 9 rings (SSSR count). The molecule has 3 N–H and O–H groups in total. The maximum atomic E-state index is 15.0. The lowest BCUT2D eigenvalue weighted by molar-refractivity contribution is -0.131. The highest BCUT2D eigenvalue weighted by Gasteiger charge is 2.68. The second-order valence-corrected chi connectivity index (χ2v) is 16.5. The number of aryl methyl sites for hydroxylation is 2. The Bertz CT molecular complexity index is 2590. The van der Waals surface area contributed by atoms with Gasteiger partial charge in [-0.3, -0.25) is 23.9 Å². The lowest BCUT2D eigenvalue weighted by Gasteiger charge is -2.49. The zero-order valence-corrected chi connectivity index (χ0v) is 31.3. The van der Waals surface area contributed by atoms with Gasteiger partial charge < -0.3 is 15.3 Å². The Hall–Kier alpha value is -5.79. The quantitative estimate of drug-likeness (QED) is 0.128. The van der Waals surface area contributed by atoms with Crippen LogP contribution in [0.15, 0.2) is 78.4 Å². The third-order valence-electron chi connectivity index (χ3n) is 12.2. The number of allylic oxidation sites excluding steroid dienone is 2. The summed E-state index contributed by atoms with van der Waals surface area (Å²) in [6.45, 7) is 3.77. The number of aromatic hydroxyl groups is 2. The molecular formula is C41H33ClN4O8S. The molecule has 2 aliphatic carbocycles. The number of carboxylic acid groups (broad SMARTS) is 1. The van der Waals surface area contributed by atoms with Crippen molar-refractivity contribution in [2.75, 3.05) is 9.80 Å². The molecule has 0 bridgehead atoms. The first-order chi connectivity index (χ1) is 26.2. The van der Waals surface area contributed by atoms with E-state index in [1.807, 2.05) is 31.2 Å². The van der Waals surface area contributed by atoms with Gasteiger partial charge in [-0.05, 0) is 91.6 Å². The molecule has 12 nitrogen and oxygen atoms in total. The van der Waals surface area contributed by atoms with Crippen molar-refractivity contribution in [1.29, 1.82) is 0 Å². The van der Waals surface area contributed by atoms with Crippen LogP contribution in [0.25, 0.3) is 20.7 Å². The van der Waals surface area contributed by atoms with E-state index >= 15 is 4.79 Å². The van der Waals surface area contributed by atoms with Crippen molar-refractivity contribution < 1.29 is 39.3 Å². The van der Waals surface area contributed by atoms with Crippen molar-refractivity contribution in [3.05, 3.63) is 100 Å². The Morgan fingerprint density at radius 1 is 0.927 bits per heavy atom. The lowest BCUT2D eigenvalue weighted by Crippen LogP contribution is -2.48. The molecule has 0 spiro atoms. The predicted octanol–water partition coefficient (Wildman–Crippen LogP) is 6.81. The highest BCUT2D eigenvalue weighted by atomic mass is 35.5. The zero-order valence-electron chi connectivity index (χ0n) is 29.7. The molecule has 14 heteroatoms. The number of phenols is 2. The fraction of sp³-hybridized carbons (Fsp3) is 0.268. The van der Waals surface area contributed by atoms with Crippen LogP contribution in [0.4, 0.5) is 11.5 Å². The van der Waals surface area contributed by atoms with Crippen molar-refractivity contribution >= 4 is 74.1 Å². The van der Waals surface area contributed by atoms with Gasteiger partial charge >= 0.3 is 5.97 Å². The molecule has 2 aromatic heterocycles. The molecule has 3 aromatic carbocycles. The summed E-state index contributed by atoms with van der Waals surface area (Å²) in [6.07, 6.45) is 2.24. The summed E-state index contributed by atoms with van der Waals surface area (Å²) in [5, 5.41) is 36.4. The number of benzene rings is 3. The van der Waals surface area contributed by atoms with E-state index in [9.17, 15) is 34.5 Å². The molecule has 0 radical (unpaired) electrons. The molecule has 2 aliphatic heterocycles. The number of aromatic nitrogens is 2. The van der Waals surface area contributed by atoms with Crippen molar-refractivity contribution in [2.24, 2.45) is 36.1 Å². The topological polar surface area (TPSA) is 170 Å². The Morgan fingerprint density at radius 3 is 2.38 bits per heavy atom. The number of hydrogen-bond donors (Lipinski definition) is 3. The van der Waals surface area contributed by atoms with Crippen LogP contribution in [-0.2, 0) is 26.2 Å². The number of nitrogens with zero attached hydrogens (tertiary/aromatic N) is 4. The van der Waals surface area contributed by atoms with E-state index in [0.29, 0.717) is 22.1 Å². The fourth-order valence-electron chi connectivity index (χ4n) is 9.59. The molecule has 4 heterocycles. The van der Waals surface area contributed by atoms with E-state index < -0.39 is 70.4 Å². The average Bonchev–Trinajstić information content (AvgIpc) is 3.82. The first-order valence-corrected chi connectivity index (χ1v) is 18.9. The van der Waals surface area contributed by atoms with Crippen molar-refractivity contribution in [2.45, 2.75) is 32.6 Å². The number of carbonyl (C=O) groups excluding carboxylic acids is 4. The summed E-state index contributed by atoms with van der Waals surface area (Å²) in [5.74, 6) is -7.29. The molecule has 278 valence electrons. The molecule has 4 aliphatic rings. The SMILES string of the molecule is Cc1c(-c2cc(N3C(=O)C4CC5C(=CCC6C(=O)N(c7ccc(C(=O)O)c(O)c7)C(=O)C65)C(c5ccc(O)cc5)C4(C)C3=O)n(C)n2)sc2ccc(Cl)cc12. The molecule has 5 aromatic rings. The Morgan fingerprint density at radius 2 is 1.67 bits per heavy atom. The van der Waals surface area contributed by atoms with Gasteiger partial charge in [0.05, 0.1) is 33.7 Å². The number of phenolic OH excluding ortho intramolecular Hbond substituents is 1. The van der Waals surface area contributed by atoms with Crippen LogP contribution in [0, 0.1) is 36.0 Å². The van der Waals surface area contributed by atoms with Crippen LogP contribution in [0.5, 0.6) is 11.5 Å². The first-order valence-electron chi connectivity index (χ1n) is 17.7. The zero-order chi connectivity index (χ0) is 38.8. The van der Waals surface area contributed by atoms with Gasteiger partial charge in [-0.15, -0.1) is 11.3 Å². The summed E-state index contributed by atoms with van der Waals surface area (Å²) >= 11 is 7.84. The Labute approximate surface area is 322 Å². The lowest BCUT2D eigenvalue weighted by atomic mass is 9.51. The monoisotopic (exact) mass is 776 g/mol. The normalized spacial score (nSPS) is 26.0. The maximum Gasteiger partial charge on any atom is 0.339 e. The van der Waals surface area contributed by atoms with E-state index in [1.165, 1.54) is 39.1 Å². The summed E-state index contributed by atoms with van der Waals surface area (Å²) in [7, 11) is 1.69. The number of amides is 4. The van der Waals surface area contributed by atoms with Crippen LogP contribution in [0.1, 0.15) is 47.2 Å². The number of hydrogen-bond acceptors (Lipinski definition) is 9. The van der Waals surface area contributed by atoms with E-state index in [-0.39, 0.29) is 29.8 Å². The summed E-state index contributed by atoms with van der Waals surface area (Å²) in [6, 6.07) is 17.5. The third kappa shape index (κ3) is 4.88. The van der Waals surface area contributed by atoms with E-state index in [4.69, 9.17) is 16.7 Å². The standard InChI is InChI=1S/C41H33ClN4O8S/c1-18-26-14-20(42)6-13-31(26)55-35(18)29-17-32(44(3)43-29)46-37(50)28-16-27-23(34(41(28,2)40(46)54)19-4-8-22(47)9-5-19)11-12-25-33(27)38(51)45(36(25)49)21-7-10-24(39(52)53)30(48)15-21/h4-11,13-15,17,25,27-28,33-34,47-48H,12,16H2,1-3H3,(H,52,53). The van der Waals surface area contributed by atoms with Crippen LogP contribution in [0.3, 0.4) is 0 Å². The molecule has 3 fully saturated rings. The number of aromatic carboxylic acids is 1. The van der Waals surface area contributed by atoms with Gasteiger partial charge in [0.15, 0.2) is 0 Å². The van der Waals surface area contributed by atoms with Gasteiger partial charge in [-0.2, -0.15) is 5.10 Å². The Balaban J connectivity index is 1.13. The van der Waals surface area contributed by atoms with Crippen LogP contribution in [0.2, 0.25) is 5.02 Å². The van der Waals surface area contributed by atoms with Gasteiger partial charge in [0.1, 0.15) is 28.6 Å². The number of imide groups is 2. The molecule has 6 unspecified atom stereocenters. The highest BCUT2D eigenvalue weighted by Crippen LogP contribution is 2.64. The number of anilines is 2. The van der Waals surface area contributed by atoms with Crippen molar-refractivity contribution in [3.63, 3.8) is 0 Å². The second kappa shape index (κ2) is 12.1. The van der Waals surface area contributed by atoms with Gasteiger partial charge in [-0.1, -0.05) is 35.4 Å². The minimum atomic E-state index is -1.36. The summed E-state index contributed by atoms with van der Waals surface area (Å²) in [5.41, 5.74) is 1.39. The number of rotatable bonds is 5. The molecular weight excluding hydrogens is 744 g/mol. The number of thiophene rings is 1. The smallest absolute Gasteiger partial charge is 0.339 e. The van der Waals surface area contributed by atoms with E-state index in [2.05, 4.69) is 0 Å². The van der Waals surface area contributed by atoms with Crippen molar-refractivity contribution in [1.82, 2.24) is 9.78 Å². The molecule has 1 saturated carbocycles. The fourth-order valence-corrected chi connectivity index (χ4v) is 10.9. The predicted molar refractivity (Wildman–Crippen MR) is 204 cm³/mol. The maximum absolute atomic E-state index is 15.0. The largest absolute Gasteiger partial charge is 0.508 e. The molecule has 4 amide bonds. The summed E-state index contributed by atoms with van der Waals surface area (Å²) in [4.78, 5) is 72.8. The third-order valence-corrected chi connectivity index (χ3v) is 13.7. The summed E-state index contributed by atoms with van der Waals surface area (Å²) < 4.78 is 2.55. The first kappa shape index (κ1) is 34.9. The highest BCUT2D eigenvalue weighted by molar-refractivity contribution is 7.22. The van der Waals surface area contributed by atoms with E-state index in [0.717, 1.165) is 43.1 Å². The van der Waals surface area contributed by atoms with Gasteiger partial charge in [0, 0.05) is 34.8 Å². The number of carbonyl (C=O) groups is 5. The van der Waals surface area contributed by atoms with Gasteiger partial charge in [0.25, 0.3) is 0 Å². The molecule has 55 heavy (non-hydrogen) atoms. The average molecular weight is 777 g/mol. The molecule has 2 saturated heterocycles. The van der Waals surface area contributed by atoms with Crippen LogP contribution in [-0.4, -0.2) is 54.7 Å². The minimum absolute atomic E-state index is 0.0246. The second-order valence-electron chi connectivity index (χ2n) is 15.0. The Kier molecular flexibility index (Phi) is 7.69. The van der Waals surface area contributed by atoms with E-state index in [1.54, 1.807) is 32.2 Å². The van der Waals surface area contributed by atoms with Gasteiger partial charge in [-0.25, -0.2) is 14.6 Å². The van der Waals surface area contributed by atoms with Gasteiger partial charge in [0.2, 0.25) is 23.6 Å². The van der Waals surface area contributed by atoms with Crippen molar-refractivity contribution in [3.8, 4) is 22.1 Å². The molecule has 6 atom stereocenters. The number of carboxylic acids is 1.